The molecular weight excluding hydrogens is 324 g/mol. The second-order valence-electron chi connectivity index (χ2n) is 4.26. The van der Waals surface area contributed by atoms with Gasteiger partial charge in [0.05, 0.1) is 19.8 Å². The molecular formula is C15H21BrO4. The number of carbonyl (C=O) groups excluding carboxylic acids is 1. The van der Waals surface area contributed by atoms with Crippen LogP contribution in [0.4, 0.5) is 0 Å². The number of halogens is 1. The van der Waals surface area contributed by atoms with E-state index in [1.165, 1.54) is 7.11 Å². The standard InChI is InChI=1S/C15H21BrO4/c1-5-7-12(20-6-2)14(17)10-8-9-11(18-3)13(16)15(10)19-4/h8-9,12H,5-7H2,1-4H3. The van der Waals surface area contributed by atoms with E-state index in [-0.39, 0.29) is 5.78 Å². The fourth-order valence-electron chi connectivity index (χ4n) is 2.02. The van der Waals surface area contributed by atoms with Gasteiger partial charge in [-0.25, -0.2) is 0 Å². The van der Waals surface area contributed by atoms with Gasteiger partial charge in [-0.05, 0) is 41.4 Å². The van der Waals surface area contributed by atoms with E-state index in [1.54, 1.807) is 19.2 Å². The van der Waals surface area contributed by atoms with Gasteiger partial charge in [-0.1, -0.05) is 13.3 Å². The van der Waals surface area contributed by atoms with Crippen LogP contribution in [0.25, 0.3) is 0 Å². The molecule has 4 nitrogen and oxygen atoms in total. The number of benzene rings is 1. The molecule has 1 aromatic rings. The molecule has 1 atom stereocenters. The Kier molecular flexibility index (Phi) is 7.02. The first-order valence-corrected chi connectivity index (χ1v) is 7.46. The second-order valence-corrected chi connectivity index (χ2v) is 5.05. The topological polar surface area (TPSA) is 44.8 Å². The van der Waals surface area contributed by atoms with Crippen LogP contribution in [0.1, 0.15) is 37.0 Å². The average Bonchev–Trinajstić information content (AvgIpc) is 2.46. The Labute approximate surface area is 128 Å². The lowest BCUT2D eigenvalue weighted by molar-refractivity contribution is 0.0420. The number of ether oxygens (including phenoxy) is 3. The minimum absolute atomic E-state index is 0.0612. The Morgan fingerprint density at radius 2 is 1.95 bits per heavy atom. The highest BCUT2D eigenvalue weighted by Gasteiger charge is 2.25. The van der Waals surface area contributed by atoms with Crippen molar-refractivity contribution in [3.8, 4) is 11.5 Å². The number of Topliss-reactive ketones (excluding diaryl/α,β-unsaturated/α-hetero) is 1. The van der Waals surface area contributed by atoms with Crippen molar-refractivity contribution in [1.29, 1.82) is 0 Å². The highest BCUT2D eigenvalue weighted by Crippen LogP contribution is 2.38. The van der Waals surface area contributed by atoms with Gasteiger partial charge >= 0.3 is 0 Å². The zero-order valence-corrected chi connectivity index (χ0v) is 14.0. The third-order valence-corrected chi connectivity index (χ3v) is 3.71. The van der Waals surface area contributed by atoms with Crippen molar-refractivity contribution < 1.29 is 19.0 Å². The maximum atomic E-state index is 12.6. The molecule has 0 aromatic heterocycles. The van der Waals surface area contributed by atoms with Gasteiger partial charge in [0.1, 0.15) is 22.1 Å². The molecule has 0 aliphatic heterocycles. The van der Waals surface area contributed by atoms with Crippen molar-refractivity contribution >= 4 is 21.7 Å². The first-order valence-electron chi connectivity index (χ1n) is 6.66. The molecule has 0 spiro atoms. The number of carbonyl (C=O) groups is 1. The van der Waals surface area contributed by atoms with Crippen molar-refractivity contribution in [3.05, 3.63) is 22.2 Å². The van der Waals surface area contributed by atoms with E-state index < -0.39 is 6.10 Å². The van der Waals surface area contributed by atoms with Gasteiger partial charge in [-0.2, -0.15) is 0 Å². The minimum Gasteiger partial charge on any atom is -0.495 e. The van der Waals surface area contributed by atoms with Crippen LogP contribution >= 0.6 is 15.9 Å². The van der Waals surface area contributed by atoms with Crippen molar-refractivity contribution in [3.63, 3.8) is 0 Å². The van der Waals surface area contributed by atoms with E-state index >= 15 is 0 Å². The molecule has 0 amide bonds. The van der Waals surface area contributed by atoms with Gasteiger partial charge in [0.25, 0.3) is 0 Å². The van der Waals surface area contributed by atoms with Gasteiger partial charge in [-0.15, -0.1) is 0 Å². The van der Waals surface area contributed by atoms with E-state index in [9.17, 15) is 4.79 Å². The van der Waals surface area contributed by atoms with Crippen LogP contribution in [0.5, 0.6) is 11.5 Å². The number of hydrogen-bond donors (Lipinski definition) is 0. The van der Waals surface area contributed by atoms with Gasteiger partial charge < -0.3 is 14.2 Å². The summed E-state index contributed by atoms with van der Waals surface area (Å²) >= 11 is 3.40. The molecule has 1 aromatic carbocycles. The van der Waals surface area contributed by atoms with Crippen LogP contribution in [0, 0.1) is 0 Å². The quantitative estimate of drug-likeness (QED) is 0.672. The maximum Gasteiger partial charge on any atom is 0.195 e. The lowest BCUT2D eigenvalue weighted by Gasteiger charge is -2.18. The number of hydrogen-bond acceptors (Lipinski definition) is 4. The van der Waals surface area contributed by atoms with Crippen LogP contribution in [-0.4, -0.2) is 32.7 Å². The summed E-state index contributed by atoms with van der Waals surface area (Å²) in [5.74, 6) is 1.05. The molecule has 112 valence electrons. The minimum atomic E-state index is -0.431. The number of rotatable bonds is 8. The summed E-state index contributed by atoms with van der Waals surface area (Å²) in [6.45, 7) is 4.42. The Hall–Kier alpha value is -1.07. The summed E-state index contributed by atoms with van der Waals surface area (Å²) in [6.07, 6.45) is 1.15. The molecule has 5 heteroatoms. The lowest BCUT2D eigenvalue weighted by atomic mass is 10.0. The fraction of sp³-hybridized carbons (Fsp3) is 0.533. The molecule has 1 rings (SSSR count). The van der Waals surface area contributed by atoms with E-state index in [4.69, 9.17) is 14.2 Å². The Morgan fingerprint density at radius 1 is 1.25 bits per heavy atom. The smallest absolute Gasteiger partial charge is 0.195 e. The first kappa shape index (κ1) is 17.0. The van der Waals surface area contributed by atoms with E-state index in [1.807, 2.05) is 13.8 Å². The molecule has 0 bridgehead atoms. The molecule has 0 N–H and O–H groups in total. The zero-order chi connectivity index (χ0) is 15.1. The molecule has 0 heterocycles. The predicted molar refractivity (Wildman–Crippen MR) is 81.9 cm³/mol. The van der Waals surface area contributed by atoms with Gasteiger partial charge in [0.15, 0.2) is 5.78 Å². The van der Waals surface area contributed by atoms with E-state index in [0.717, 1.165) is 6.42 Å². The largest absolute Gasteiger partial charge is 0.495 e. The summed E-state index contributed by atoms with van der Waals surface area (Å²) in [4.78, 5) is 12.6. The summed E-state index contributed by atoms with van der Waals surface area (Å²) in [5.41, 5.74) is 0.507. The maximum absolute atomic E-state index is 12.6. The third-order valence-electron chi connectivity index (χ3n) is 2.96. The lowest BCUT2D eigenvalue weighted by Crippen LogP contribution is -2.25. The normalized spacial score (nSPS) is 12.1. The highest BCUT2D eigenvalue weighted by molar-refractivity contribution is 9.10. The fourth-order valence-corrected chi connectivity index (χ4v) is 2.69. The Balaban J connectivity index is 3.17. The number of methoxy groups -OCH3 is 2. The van der Waals surface area contributed by atoms with Crippen molar-refractivity contribution in [2.45, 2.75) is 32.8 Å². The molecule has 1 unspecified atom stereocenters. The monoisotopic (exact) mass is 344 g/mol. The van der Waals surface area contributed by atoms with Crippen LogP contribution in [-0.2, 0) is 4.74 Å². The van der Waals surface area contributed by atoms with Crippen molar-refractivity contribution in [2.24, 2.45) is 0 Å². The highest BCUT2D eigenvalue weighted by atomic mass is 79.9. The van der Waals surface area contributed by atoms with Crippen LogP contribution < -0.4 is 9.47 Å². The second kappa shape index (κ2) is 8.27. The SMILES string of the molecule is CCCC(OCC)C(=O)c1ccc(OC)c(Br)c1OC. The van der Waals surface area contributed by atoms with Gasteiger partial charge in [-0.3, -0.25) is 4.79 Å². The number of ketones is 1. The molecule has 0 radical (unpaired) electrons. The van der Waals surface area contributed by atoms with Crippen molar-refractivity contribution in [2.75, 3.05) is 20.8 Å². The summed E-state index contributed by atoms with van der Waals surface area (Å²) in [5, 5.41) is 0. The Morgan fingerprint density at radius 3 is 2.45 bits per heavy atom. The zero-order valence-electron chi connectivity index (χ0n) is 12.4. The van der Waals surface area contributed by atoms with Crippen LogP contribution in [0.3, 0.4) is 0 Å². The summed E-state index contributed by atoms with van der Waals surface area (Å²) < 4.78 is 16.7. The molecule has 0 saturated heterocycles. The molecule has 0 aliphatic rings. The third kappa shape index (κ3) is 3.73. The van der Waals surface area contributed by atoms with E-state index in [2.05, 4.69) is 15.9 Å². The molecule has 0 saturated carbocycles. The summed E-state index contributed by atoms with van der Waals surface area (Å²) in [7, 11) is 3.10. The molecule has 20 heavy (non-hydrogen) atoms. The average molecular weight is 345 g/mol. The van der Waals surface area contributed by atoms with Crippen LogP contribution in [0.2, 0.25) is 0 Å². The van der Waals surface area contributed by atoms with Gasteiger partial charge in [0, 0.05) is 6.61 Å². The first-order chi connectivity index (χ1) is 9.60. The molecule has 0 aliphatic carbocycles. The van der Waals surface area contributed by atoms with E-state index in [0.29, 0.717) is 34.6 Å². The Bertz CT molecular complexity index is 453. The van der Waals surface area contributed by atoms with Gasteiger partial charge in [0.2, 0.25) is 0 Å². The predicted octanol–water partition coefficient (Wildman–Crippen LogP) is 3.85. The van der Waals surface area contributed by atoms with Crippen molar-refractivity contribution in [1.82, 2.24) is 0 Å². The van der Waals surface area contributed by atoms with Crippen LogP contribution in [0.15, 0.2) is 16.6 Å². The summed E-state index contributed by atoms with van der Waals surface area (Å²) in [6, 6.07) is 3.46. The molecule has 0 fully saturated rings.